The highest BCUT2D eigenvalue weighted by molar-refractivity contribution is 6.32. The second-order valence-corrected chi connectivity index (χ2v) is 6.92. The van der Waals surface area contributed by atoms with Gasteiger partial charge in [0.05, 0.1) is 4.92 Å². The van der Waals surface area contributed by atoms with Gasteiger partial charge in [-0.25, -0.2) is 4.79 Å². The molecule has 0 atom stereocenters. The third-order valence-electron chi connectivity index (χ3n) is 4.27. The summed E-state index contributed by atoms with van der Waals surface area (Å²) in [5.74, 6) is -2.60. The first-order valence-electron chi connectivity index (χ1n) is 9.13. The van der Waals surface area contributed by atoms with Crippen LogP contribution in [0, 0.1) is 24.0 Å². The monoisotopic (exact) mass is 462 g/mol. The normalized spacial score (nSPS) is 10.1. The van der Waals surface area contributed by atoms with Crippen LogP contribution < -0.4 is 16.0 Å². The number of hydrogen-bond donors (Lipinski definition) is 3. The van der Waals surface area contributed by atoms with E-state index in [4.69, 9.17) is 16.3 Å². The number of nitrogens with zero attached hydrogens (tertiary/aromatic N) is 1. The van der Waals surface area contributed by atoms with Crippen molar-refractivity contribution in [2.75, 3.05) is 18.5 Å². The molecule has 0 aliphatic carbocycles. The minimum absolute atomic E-state index is 0.0882. The third kappa shape index (κ3) is 6.77. The van der Waals surface area contributed by atoms with Crippen molar-refractivity contribution < 1.29 is 28.8 Å². The molecule has 3 N–H and O–H groups in total. The summed E-state index contributed by atoms with van der Waals surface area (Å²) in [4.78, 5) is 57.6. The molecule has 4 amide bonds. The molecule has 168 valence electrons. The molecule has 0 heterocycles. The number of nitro benzene ring substituents is 1. The van der Waals surface area contributed by atoms with Crippen LogP contribution in [-0.2, 0) is 14.3 Å². The van der Waals surface area contributed by atoms with E-state index in [-0.39, 0.29) is 10.6 Å². The number of amides is 4. The number of hydrogen-bond acceptors (Lipinski definition) is 7. The molecule has 2 aromatic rings. The molecular weight excluding hydrogens is 444 g/mol. The average molecular weight is 463 g/mol. The lowest BCUT2D eigenvalue weighted by Crippen LogP contribution is -2.38. The fourth-order valence-electron chi connectivity index (χ4n) is 2.45. The third-order valence-corrected chi connectivity index (χ3v) is 4.59. The minimum Gasteiger partial charge on any atom is -0.454 e. The molecule has 0 saturated heterocycles. The zero-order valence-corrected chi connectivity index (χ0v) is 17.8. The van der Waals surface area contributed by atoms with E-state index in [2.05, 4.69) is 10.6 Å². The summed E-state index contributed by atoms with van der Waals surface area (Å²) >= 11 is 5.68. The van der Waals surface area contributed by atoms with E-state index in [0.717, 1.165) is 17.2 Å². The molecule has 0 aliphatic rings. The number of carbonyl (C=O) groups excluding carboxylic acids is 4. The van der Waals surface area contributed by atoms with E-state index < -0.39 is 47.6 Å². The van der Waals surface area contributed by atoms with E-state index in [1.165, 1.54) is 12.1 Å². The second kappa shape index (κ2) is 10.9. The van der Waals surface area contributed by atoms with E-state index >= 15 is 0 Å². The van der Waals surface area contributed by atoms with Crippen LogP contribution in [0.1, 0.15) is 21.5 Å². The van der Waals surface area contributed by atoms with Crippen LogP contribution in [0.3, 0.4) is 0 Å². The van der Waals surface area contributed by atoms with Gasteiger partial charge in [-0.3, -0.25) is 29.8 Å². The molecule has 0 fully saturated rings. The fourth-order valence-corrected chi connectivity index (χ4v) is 2.63. The Morgan fingerprint density at radius 2 is 1.84 bits per heavy atom. The molecule has 11 nitrogen and oxygen atoms in total. The number of esters is 1. The Morgan fingerprint density at radius 1 is 1.12 bits per heavy atom. The van der Waals surface area contributed by atoms with Gasteiger partial charge in [0, 0.05) is 17.3 Å². The van der Waals surface area contributed by atoms with Crippen molar-refractivity contribution >= 4 is 46.8 Å². The summed E-state index contributed by atoms with van der Waals surface area (Å²) in [6.45, 7) is 2.33. The summed E-state index contributed by atoms with van der Waals surface area (Å²) in [6, 6.07) is 7.89. The molecule has 0 saturated carbocycles. The zero-order chi connectivity index (χ0) is 23.8. The summed E-state index contributed by atoms with van der Waals surface area (Å²) < 4.78 is 4.69. The summed E-state index contributed by atoms with van der Waals surface area (Å²) in [6.07, 6.45) is 0. The number of carbonyl (C=O) groups is 4. The van der Waals surface area contributed by atoms with Crippen molar-refractivity contribution in [2.45, 2.75) is 13.8 Å². The Labute approximate surface area is 187 Å². The van der Waals surface area contributed by atoms with Gasteiger partial charge in [-0.15, -0.1) is 0 Å². The average Bonchev–Trinajstić information content (AvgIpc) is 2.73. The van der Waals surface area contributed by atoms with Crippen LogP contribution >= 0.6 is 11.6 Å². The van der Waals surface area contributed by atoms with Gasteiger partial charge in [0.25, 0.3) is 17.5 Å². The molecule has 0 radical (unpaired) electrons. The van der Waals surface area contributed by atoms with E-state index in [1.54, 1.807) is 12.1 Å². The van der Waals surface area contributed by atoms with Crippen molar-refractivity contribution in [3.63, 3.8) is 0 Å². The Hall–Kier alpha value is -3.99. The number of nitro groups is 1. The van der Waals surface area contributed by atoms with Crippen molar-refractivity contribution in [3.05, 3.63) is 68.2 Å². The molecule has 12 heteroatoms. The standard InChI is InChI=1S/C20H19ClN4O7/c1-11-4-3-5-15(12(11)2)23-20(29)24-17(26)10-32-18(27)9-22-19(28)13-6-7-14(21)16(8-13)25(30)31/h3-8H,9-10H2,1-2H3,(H,22,28)(H2,23,24,26,29). The van der Waals surface area contributed by atoms with Crippen molar-refractivity contribution in [3.8, 4) is 0 Å². The van der Waals surface area contributed by atoms with Gasteiger partial charge in [-0.2, -0.15) is 0 Å². The van der Waals surface area contributed by atoms with Crippen LogP contribution in [0.4, 0.5) is 16.2 Å². The Bertz CT molecular complexity index is 1090. The maximum atomic E-state index is 12.0. The minimum atomic E-state index is -0.952. The van der Waals surface area contributed by atoms with Crippen molar-refractivity contribution in [1.82, 2.24) is 10.6 Å². The quantitative estimate of drug-likeness (QED) is 0.324. The number of nitrogens with one attached hydrogen (secondary N) is 3. The highest BCUT2D eigenvalue weighted by Crippen LogP contribution is 2.25. The Kier molecular flexibility index (Phi) is 8.24. The number of urea groups is 1. The lowest BCUT2D eigenvalue weighted by atomic mass is 10.1. The largest absolute Gasteiger partial charge is 0.454 e. The maximum absolute atomic E-state index is 12.0. The first-order valence-corrected chi connectivity index (χ1v) is 9.51. The number of ether oxygens (including phenoxy) is 1. The first kappa shape index (κ1) is 24.3. The lowest BCUT2D eigenvalue weighted by molar-refractivity contribution is -0.384. The number of benzene rings is 2. The van der Waals surface area contributed by atoms with Gasteiger partial charge >= 0.3 is 12.0 Å². The number of rotatable bonds is 7. The van der Waals surface area contributed by atoms with Crippen LogP contribution in [0.5, 0.6) is 0 Å². The topological polar surface area (TPSA) is 157 Å². The molecule has 0 unspecified atom stereocenters. The molecule has 2 aromatic carbocycles. The lowest BCUT2D eigenvalue weighted by Gasteiger charge is -2.11. The summed E-state index contributed by atoms with van der Waals surface area (Å²) in [5, 5.41) is 17.5. The highest BCUT2D eigenvalue weighted by Gasteiger charge is 2.17. The summed E-state index contributed by atoms with van der Waals surface area (Å²) in [5.41, 5.74) is 1.77. The highest BCUT2D eigenvalue weighted by atomic mass is 35.5. The number of imide groups is 1. The second-order valence-electron chi connectivity index (χ2n) is 6.52. The summed E-state index contributed by atoms with van der Waals surface area (Å²) in [7, 11) is 0. The van der Waals surface area contributed by atoms with Gasteiger partial charge in [0.15, 0.2) is 6.61 Å². The Balaban J connectivity index is 1.78. The van der Waals surface area contributed by atoms with E-state index in [0.29, 0.717) is 5.69 Å². The maximum Gasteiger partial charge on any atom is 0.325 e. The van der Waals surface area contributed by atoms with E-state index in [9.17, 15) is 29.3 Å². The smallest absolute Gasteiger partial charge is 0.325 e. The van der Waals surface area contributed by atoms with Crippen LogP contribution in [0.25, 0.3) is 0 Å². The fraction of sp³-hybridized carbons (Fsp3) is 0.200. The molecule has 0 bridgehead atoms. The van der Waals surface area contributed by atoms with Crippen LogP contribution in [0.15, 0.2) is 36.4 Å². The van der Waals surface area contributed by atoms with Crippen LogP contribution in [-0.4, -0.2) is 41.9 Å². The number of halogens is 1. The van der Waals surface area contributed by atoms with Gasteiger partial charge in [0.2, 0.25) is 0 Å². The van der Waals surface area contributed by atoms with E-state index in [1.807, 2.05) is 25.2 Å². The number of aryl methyl sites for hydroxylation is 1. The van der Waals surface area contributed by atoms with Crippen LogP contribution in [0.2, 0.25) is 5.02 Å². The first-order chi connectivity index (χ1) is 15.1. The Morgan fingerprint density at radius 3 is 2.53 bits per heavy atom. The van der Waals surface area contributed by atoms with Crippen molar-refractivity contribution in [1.29, 1.82) is 0 Å². The molecule has 32 heavy (non-hydrogen) atoms. The van der Waals surface area contributed by atoms with Gasteiger partial charge in [-0.1, -0.05) is 23.7 Å². The number of anilines is 1. The SMILES string of the molecule is Cc1cccc(NC(=O)NC(=O)COC(=O)CNC(=O)c2ccc(Cl)c([N+](=O)[O-])c2)c1C. The van der Waals surface area contributed by atoms with Gasteiger partial charge < -0.3 is 15.4 Å². The molecule has 0 aliphatic heterocycles. The predicted octanol–water partition coefficient (Wildman–Crippen LogP) is 2.49. The molecule has 0 spiro atoms. The van der Waals surface area contributed by atoms with Crippen molar-refractivity contribution in [2.24, 2.45) is 0 Å². The van der Waals surface area contributed by atoms with Gasteiger partial charge in [0.1, 0.15) is 11.6 Å². The molecule has 0 aromatic heterocycles. The molecule has 2 rings (SSSR count). The molecular formula is C20H19ClN4O7. The van der Waals surface area contributed by atoms with Gasteiger partial charge in [-0.05, 0) is 43.2 Å². The zero-order valence-electron chi connectivity index (χ0n) is 17.1. The predicted molar refractivity (Wildman–Crippen MR) is 114 cm³/mol.